The number of anilines is 1. The molecule has 4 nitrogen and oxygen atoms in total. The molecule has 0 saturated carbocycles. The van der Waals surface area contributed by atoms with Gasteiger partial charge in [0.05, 0.1) is 5.69 Å². The summed E-state index contributed by atoms with van der Waals surface area (Å²) >= 11 is 3.42. The van der Waals surface area contributed by atoms with Gasteiger partial charge in [-0.25, -0.2) is 0 Å². The number of hydrogen-bond acceptors (Lipinski definition) is 3. The Morgan fingerprint density at radius 2 is 2.20 bits per heavy atom. The Morgan fingerprint density at radius 1 is 1.55 bits per heavy atom. The van der Waals surface area contributed by atoms with Crippen molar-refractivity contribution in [3.05, 3.63) is 46.6 Å². The van der Waals surface area contributed by atoms with Crippen LogP contribution in [0.2, 0.25) is 0 Å². The highest BCUT2D eigenvalue weighted by molar-refractivity contribution is 9.10. The van der Waals surface area contributed by atoms with Crippen LogP contribution < -0.4 is 4.90 Å². The van der Waals surface area contributed by atoms with Crippen molar-refractivity contribution in [1.82, 2.24) is 0 Å². The summed E-state index contributed by atoms with van der Waals surface area (Å²) in [5, 5.41) is 10.4. The summed E-state index contributed by atoms with van der Waals surface area (Å²) < 4.78 is 5.98. The molecule has 1 N–H and O–H groups in total. The minimum absolute atomic E-state index is 0.166. The highest BCUT2D eigenvalue weighted by atomic mass is 79.9. The van der Waals surface area contributed by atoms with Crippen LogP contribution >= 0.6 is 15.9 Å². The van der Waals surface area contributed by atoms with Crippen LogP contribution in [0, 0.1) is 0 Å². The van der Waals surface area contributed by atoms with Crippen molar-refractivity contribution in [1.29, 1.82) is 0 Å². The second-order valence-electron chi connectivity index (χ2n) is 4.61. The van der Waals surface area contributed by atoms with Crippen molar-refractivity contribution in [2.75, 3.05) is 12.0 Å². The predicted molar refractivity (Wildman–Crippen MR) is 80.5 cm³/mol. The van der Waals surface area contributed by atoms with Crippen LogP contribution in [0.25, 0.3) is 0 Å². The average Bonchev–Trinajstić information content (AvgIpc) is 2.45. The molecule has 1 heterocycles. The standard InChI is InChI=1S/C15H16BrNO3/c1-4-9(2)13(18)12-14(20-3)15(19)17(12)11-8-6-5-7-10(11)16/h5-8,12-14,18H,1H2,2-3H3/t12-,13+,14+/m1/s1. The Kier molecular flexibility index (Phi) is 4.45. The predicted octanol–water partition coefficient (Wildman–Crippen LogP) is 2.27. The van der Waals surface area contributed by atoms with E-state index in [0.717, 1.165) is 4.47 Å². The maximum Gasteiger partial charge on any atom is 0.258 e. The number of benzene rings is 1. The van der Waals surface area contributed by atoms with Crippen LogP contribution in [0.15, 0.2) is 46.6 Å². The number of ether oxygens (including phenoxy) is 1. The number of aliphatic hydroxyl groups excluding tert-OH is 1. The summed E-state index contributed by atoms with van der Waals surface area (Å²) in [4.78, 5) is 13.7. The molecule has 0 aliphatic carbocycles. The second kappa shape index (κ2) is 5.94. The number of para-hydroxylation sites is 1. The first kappa shape index (κ1) is 15.0. The largest absolute Gasteiger partial charge is 0.386 e. The smallest absolute Gasteiger partial charge is 0.258 e. The Labute approximate surface area is 126 Å². The fourth-order valence-corrected chi connectivity index (χ4v) is 2.79. The monoisotopic (exact) mass is 337 g/mol. The Morgan fingerprint density at radius 3 is 2.75 bits per heavy atom. The minimum Gasteiger partial charge on any atom is -0.386 e. The van der Waals surface area contributed by atoms with E-state index in [9.17, 15) is 9.90 Å². The lowest BCUT2D eigenvalue weighted by Gasteiger charge is -2.48. The fraction of sp³-hybridized carbons (Fsp3) is 0.333. The molecule has 0 radical (unpaired) electrons. The lowest BCUT2D eigenvalue weighted by molar-refractivity contribution is -0.143. The third-order valence-electron chi connectivity index (χ3n) is 3.50. The molecule has 1 aliphatic rings. The third kappa shape index (κ3) is 2.34. The topological polar surface area (TPSA) is 49.8 Å². The number of aliphatic hydroxyl groups is 1. The van der Waals surface area contributed by atoms with Gasteiger partial charge in [-0.1, -0.05) is 18.7 Å². The number of methoxy groups -OCH3 is 1. The molecule has 5 heteroatoms. The minimum atomic E-state index is -0.859. The molecule has 1 aliphatic heterocycles. The van der Waals surface area contributed by atoms with Crippen LogP contribution in [0.4, 0.5) is 5.69 Å². The van der Waals surface area contributed by atoms with Crippen molar-refractivity contribution in [2.45, 2.75) is 25.2 Å². The van der Waals surface area contributed by atoms with Gasteiger partial charge in [-0.3, -0.25) is 9.69 Å². The molecule has 1 aromatic rings. The van der Waals surface area contributed by atoms with Crippen molar-refractivity contribution < 1.29 is 14.6 Å². The van der Waals surface area contributed by atoms with E-state index in [1.54, 1.807) is 11.8 Å². The maximum absolute atomic E-state index is 12.2. The first-order valence-corrected chi connectivity index (χ1v) is 6.97. The zero-order valence-electron chi connectivity index (χ0n) is 11.3. The molecule has 1 amide bonds. The summed E-state index contributed by atoms with van der Waals surface area (Å²) in [6.07, 6.45) is -1.51. The van der Waals surface area contributed by atoms with Crippen LogP contribution in [-0.2, 0) is 9.53 Å². The zero-order chi connectivity index (χ0) is 14.9. The molecule has 0 spiro atoms. The molecule has 0 aromatic heterocycles. The maximum atomic E-state index is 12.2. The number of rotatable bonds is 4. The molecular weight excluding hydrogens is 322 g/mol. The average molecular weight is 338 g/mol. The van der Waals surface area contributed by atoms with Crippen LogP contribution in [0.5, 0.6) is 0 Å². The molecule has 3 atom stereocenters. The van der Waals surface area contributed by atoms with Gasteiger partial charge in [0, 0.05) is 11.6 Å². The van der Waals surface area contributed by atoms with E-state index in [1.165, 1.54) is 7.11 Å². The molecular formula is C15H16BrNO3. The zero-order valence-corrected chi connectivity index (χ0v) is 12.9. The summed E-state index contributed by atoms with van der Waals surface area (Å²) in [5.74, 6) is -0.166. The Hall–Kier alpha value is -1.39. The molecule has 1 saturated heterocycles. The highest BCUT2D eigenvalue weighted by Gasteiger charge is 2.52. The van der Waals surface area contributed by atoms with E-state index in [-0.39, 0.29) is 5.91 Å². The van der Waals surface area contributed by atoms with Crippen molar-refractivity contribution in [2.24, 2.45) is 0 Å². The van der Waals surface area contributed by atoms with E-state index in [4.69, 9.17) is 4.74 Å². The van der Waals surface area contributed by atoms with Gasteiger partial charge in [0.25, 0.3) is 5.91 Å². The highest BCUT2D eigenvalue weighted by Crippen LogP contribution is 2.37. The first-order chi connectivity index (χ1) is 9.52. The molecule has 2 rings (SSSR count). The van der Waals surface area contributed by atoms with E-state index in [2.05, 4.69) is 28.2 Å². The first-order valence-electron chi connectivity index (χ1n) is 6.18. The summed E-state index contributed by atoms with van der Waals surface area (Å²) in [7, 11) is 1.46. The molecule has 20 heavy (non-hydrogen) atoms. The number of amides is 1. The number of hydrogen-bond donors (Lipinski definition) is 1. The van der Waals surface area contributed by atoms with E-state index in [0.29, 0.717) is 11.3 Å². The molecule has 1 fully saturated rings. The van der Waals surface area contributed by atoms with Crippen molar-refractivity contribution in [3.63, 3.8) is 0 Å². The van der Waals surface area contributed by atoms with Gasteiger partial charge >= 0.3 is 0 Å². The normalized spacial score (nSPS) is 23.0. The fourth-order valence-electron chi connectivity index (χ4n) is 2.32. The van der Waals surface area contributed by atoms with Crippen molar-refractivity contribution >= 4 is 27.5 Å². The summed E-state index contributed by atoms with van der Waals surface area (Å²) in [6, 6.07) is 6.91. The van der Waals surface area contributed by atoms with Crippen LogP contribution in [-0.4, -0.2) is 36.4 Å². The summed E-state index contributed by atoms with van der Waals surface area (Å²) in [6.45, 7) is 5.26. The molecule has 0 bridgehead atoms. The van der Waals surface area contributed by atoms with E-state index >= 15 is 0 Å². The second-order valence-corrected chi connectivity index (χ2v) is 5.47. The number of carbonyl (C=O) groups excluding carboxylic acids is 1. The molecule has 0 unspecified atom stereocenters. The van der Waals surface area contributed by atoms with Crippen molar-refractivity contribution in [3.8, 4) is 0 Å². The molecule has 1 aromatic carbocycles. The van der Waals surface area contributed by atoms with Gasteiger partial charge in [0.1, 0.15) is 12.1 Å². The van der Waals surface area contributed by atoms with Crippen LogP contribution in [0.1, 0.15) is 6.92 Å². The summed E-state index contributed by atoms with van der Waals surface area (Å²) in [5.41, 5.74) is 3.97. The van der Waals surface area contributed by atoms with Gasteiger partial charge in [0.15, 0.2) is 6.10 Å². The number of carbonyl (C=O) groups is 1. The van der Waals surface area contributed by atoms with E-state index in [1.807, 2.05) is 24.3 Å². The lowest BCUT2D eigenvalue weighted by Crippen LogP contribution is -2.70. The third-order valence-corrected chi connectivity index (χ3v) is 4.17. The number of nitrogens with zero attached hydrogens (tertiary/aromatic N) is 1. The molecule has 106 valence electrons. The SMILES string of the molecule is C=C=C(C)[C@H](O)[C@@H]1[C@H](OC)C(=O)N1c1ccccc1Br. The van der Waals surface area contributed by atoms with E-state index < -0.39 is 18.2 Å². The van der Waals surface area contributed by atoms with Gasteiger partial charge in [-0.15, -0.1) is 5.73 Å². The van der Waals surface area contributed by atoms with Gasteiger partial charge in [-0.05, 0) is 40.6 Å². The van der Waals surface area contributed by atoms with Gasteiger partial charge in [-0.2, -0.15) is 0 Å². The number of halogens is 1. The van der Waals surface area contributed by atoms with Gasteiger partial charge < -0.3 is 9.84 Å². The Bertz CT molecular complexity index is 580. The number of β-lactam (4-membered cyclic amide) rings is 1. The van der Waals surface area contributed by atoms with Gasteiger partial charge in [0.2, 0.25) is 0 Å². The van der Waals surface area contributed by atoms with Crippen LogP contribution in [0.3, 0.4) is 0 Å². The quantitative estimate of drug-likeness (QED) is 0.677. The lowest BCUT2D eigenvalue weighted by atomic mass is 9.88. The Balaban J connectivity index is 2.39.